The third-order valence-electron chi connectivity index (χ3n) is 13.9. The van der Waals surface area contributed by atoms with Gasteiger partial charge in [0.25, 0.3) is 0 Å². The van der Waals surface area contributed by atoms with Crippen molar-refractivity contribution in [1.29, 1.82) is 0 Å². The van der Waals surface area contributed by atoms with Crippen molar-refractivity contribution in [3.8, 4) is 0 Å². The van der Waals surface area contributed by atoms with Crippen LogP contribution in [-0.4, -0.2) is 37.9 Å². The van der Waals surface area contributed by atoms with Crippen molar-refractivity contribution in [2.24, 2.45) is 0 Å². The Bertz CT molecular complexity index is 1150. The number of allylic oxidation sites excluding steroid dienone is 8. The van der Waals surface area contributed by atoms with Crippen molar-refractivity contribution in [3.63, 3.8) is 0 Å². The van der Waals surface area contributed by atoms with Gasteiger partial charge in [0.15, 0.2) is 6.10 Å². The first-order valence-electron chi connectivity index (χ1n) is 31.2. The Kier molecular flexibility index (Phi) is 59.3. The van der Waals surface area contributed by atoms with Gasteiger partial charge in [-0.2, -0.15) is 0 Å². The Morgan fingerprint density at radius 2 is 0.614 bits per heavy atom. The maximum absolute atomic E-state index is 12.9. The van der Waals surface area contributed by atoms with Crippen molar-refractivity contribution in [3.05, 3.63) is 48.6 Å². The van der Waals surface area contributed by atoms with Crippen molar-refractivity contribution in [2.75, 3.05) is 19.8 Å². The number of rotatable bonds is 58. The van der Waals surface area contributed by atoms with Gasteiger partial charge in [-0.15, -0.1) is 0 Å². The van der Waals surface area contributed by atoms with Gasteiger partial charge < -0.3 is 14.2 Å². The molecule has 0 saturated carbocycles. The average Bonchev–Trinajstić information content (AvgIpc) is 3.36. The van der Waals surface area contributed by atoms with E-state index in [1.54, 1.807) is 0 Å². The van der Waals surface area contributed by atoms with Crippen LogP contribution in [0.4, 0.5) is 0 Å². The maximum atomic E-state index is 12.9. The molecule has 5 nitrogen and oxygen atoms in total. The van der Waals surface area contributed by atoms with Crippen LogP contribution in [-0.2, 0) is 23.8 Å². The standard InChI is InChI=1S/C65H120O5/c1-4-7-10-13-16-19-22-25-28-31-32-33-34-36-37-40-43-46-49-52-55-58-64(66)69-62-63(61-68-60-57-54-51-48-45-42-39-30-27-24-21-18-15-12-9-6-3)70-65(67)59-56-53-50-47-44-41-38-35-29-26-23-20-17-14-11-8-5-2/h17,20,26,29,38,41,47,50,63H,4-16,18-19,21-25,27-28,30-37,39-40,42-46,48-49,51-62H2,1-3H3/b20-17-,29-26-,41-38-,50-47-/t63-/m1/s1. The molecule has 0 aromatic carbocycles. The summed E-state index contributed by atoms with van der Waals surface area (Å²) >= 11 is 0. The molecule has 0 radical (unpaired) electrons. The summed E-state index contributed by atoms with van der Waals surface area (Å²) in [6.45, 7) is 7.82. The van der Waals surface area contributed by atoms with Gasteiger partial charge in [0.2, 0.25) is 0 Å². The summed E-state index contributed by atoms with van der Waals surface area (Å²) in [5.74, 6) is -0.440. The second-order valence-electron chi connectivity index (χ2n) is 21.0. The summed E-state index contributed by atoms with van der Waals surface area (Å²) in [4.78, 5) is 25.6. The lowest BCUT2D eigenvalue weighted by Crippen LogP contribution is -2.30. The van der Waals surface area contributed by atoms with Crippen LogP contribution in [0.1, 0.15) is 329 Å². The molecule has 0 aliphatic carbocycles. The molecule has 0 unspecified atom stereocenters. The van der Waals surface area contributed by atoms with E-state index in [2.05, 4.69) is 69.4 Å². The third kappa shape index (κ3) is 58.4. The number of ether oxygens (including phenoxy) is 3. The number of hydrogen-bond donors (Lipinski definition) is 0. The van der Waals surface area contributed by atoms with Gasteiger partial charge in [-0.25, -0.2) is 0 Å². The number of unbranched alkanes of at least 4 members (excludes halogenated alkanes) is 39. The van der Waals surface area contributed by atoms with Gasteiger partial charge in [-0.05, 0) is 57.8 Å². The molecule has 70 heavy (non-hydrogen) atoms. The number of esters is 2. The molecule has 0 aromatic rings. The summed E-state index contributed by atoms with van der Waals surface area (Å²) in [7, 11) is 0. The lowest BCUT2D eigenvalue weighted by molar-refractivity contribution is -0.162. The summed E-state index contributed by atoms with van der Waals surface area (Å²) in [5, 5.41) is 0. The minimum atomic E-state index is -0.561. The monoisotopic (exact) mass is 981 g/mol. The van der Waals surface area contributed by atoms with E-state index in [0.29, 0.717) is 19.4 Å². The van der Waals surface area contributed by atoms with Crippen LogP contribution in [0, 0.1) is 0 Å². The predicted octanol–water partition coefficient (Wildman–Crippen LogP) is 21.5. The Labute approximate surface area is 437 Å². The quantitative estimate of drug-likeness (QED) is 0.0345. The molecule has 0 heterocycles. The second-order valence-corrected chi connectivity index (χ2v) is 21.0. The minimum Gasteiger partial charge on any atom is -0.462 e. The zero-order valence-corrected chi connectivity index (χ0v) is 47.3. The molecule has 1 atom stereocenters. The average molecular weight is 982 g/mol. The summed E-state index contributed by atoms with van der Waals surface area (Å²) < 4.78 is 17.5. The Hall–Kier alpha value is -2.14. The SMILES string of the molecule is CCCCC/C=C\C/C=C\C/C=C\C/C=C\CCCC(=O)O[C@H](COCCCCCCCCCCCCCCCCCC)COC(=O)CCCCCCCCCCCCCCCCCCCCCCC. The largest absolute Gasteiger partial charge is 0.462 e. The van der Waals surface area contributed by atoms with E-state index >= 15 is 0 Å². The van der Waals surface area contributed by atoms with Crippen LogP contribution < -0.4 is 0 Å². The molecule has 0 fully saturated rings. The first-order valence-corrected chi connectivity index (χ1v) is 31.2. The van der Waals surface area contributed by atoms with E-state index in [4.69, 9.17) is 14.2 Å². The fourth-order valence-corrected chi connectivity index (χ4v) is 9.21. The summed E-state index contributed by atoms with van der Waals surface area (Å²) in [6, 6.07) is 0. The van der Waals surface area contributed by atoms with Gasteiger partial charge in [0.1, 0.15) is 6.61 Å². The normalized spacial score (nSPS) is 12.4. The molecule has 0 bridgehead atoms. The summed E-state index contributed by atoms with van der Waals surface area (Å²) in [5.41, 5.74) is 0. The van der Waals surface area contributed by atoms with E-state index in [-0.39, 0.29) is 25.2 Å². The fourth-order valence-electron chi connectivity index (χ4n) is 9.21. The topological polar surface area (TPSA) is 61.8 Å². The first kappa shape index (κ1) is 67.9. The molecular formula is C65H120O5. The highest BCUT2D eigenvalue weighted by Gasteiger charge is 2.17. The van der Waals surface area contributed by atoms with Gasteiger partial charge in [0.05, 0.1) is 6.61 Å². The van der Waals surface area contributed by atoms with Crippen LogP contribution in [0.3, 0.4) is 0 Å². The smallest absolute Gasteiger partial charge is 0.306 e. The molecule has 0 aromatic heterocycles. The molecule has 0 amide bonds. The molecule has 0 spiro atoms. The molecule has 410 valence electrons. The first-order chi connectivity index (χ1) is 34.6. The van der Waals surface area contributed by atoms with Gasteiger partial charge >= 0.3 is 11.9 Å². The third-order valence-corrected chi connectivity index (χ3v) is 13.9. The Balaban J connectivity index is 4.27. The Morgan fingerprint density at radius 1 is 0.314 bits per heavy atom. The van der Waals surface area contributed by atoms with Gasteiger partial charge in [-0.1, -0.05) is 307 Å². The molecule has 0 N–H and O–H groups in total. The highest BCUT2D eigenvalue weighted by atomic mass is 16.6. The van der Waals surface area contributed by atoms with Crippen molar-refractivity contribution in [1.82, 2.24) is 0 Å². The van der Waals surface area contributed by atoms with E-state index < -0.39 is 6.10 Å². The number of hydrogen-bond acceptors (Lipinski definition) is 5. The van der Waals surface area contributed by atoms with Crippen LogP contribution in [0.25, 0.3) is 0 Å². The zero-order chi connectivity index (χ0) is 50.6. The van der Waals surface area contributed by atoms with Crippen LogP contribution >= 0.6 is 0 Å². The fraction of sp³-hybridized carbons (Fsp3) is 0.846. The lowest BCUT2D eigenvalue weighted by Gasteiger charge is -2.18. The maximum Gasteiger partial charge on any atom is 0.306 e. The van der Waals surface area contributed by atoms with Crippen molar-refractivity contribution >= 4 is 11.9 Å². The van der Waals surface area contributed by atoms with E-state index in [1.807, 2.05) is 0 Å². The predicted molar refractivity (Wildman–Crippen MR) is 307 cm³/mol. The number of carbonyl (C=O) groups excluding carboxylic acids is 2. The molecular weight excluding hydrogens is 861 g/mol. The highest BCUT2D eigenvalue weighted by Crippen LogP contribution is 2.17. The molecule has 0 aliphatic heterocycles. The van der Waals surface area contributed by atoms with Crippen LogP contribution in [0.5, 0.6) is 0 Å². The van der Waals surface area contributed by atoms with Gasteiger partial charge in [-0.3, -0.25) is 9.59 Å². The van der Waals surface area contributed by atoms with Crippen LogP contribution in [0.2, 0.25) is 0 Å². The van der Waals surface area contributed by atoms with E-state index in [9.17, 15) is 9.59 Å². The van der Waals surface area contributed by atoms with Crippen molar-refractivity contribution in [2.45, 2.75) is 335 Å². The molecule has 0 aliphatic rings. The second kappa shape index (κ2) is 61.2. The van der Waals surface area contributed by atoms with Crippen molar-refractivity contribution < 1.29 is 23.8 Å². The zero-order valence-electron chi connectivity index (χ0n) is 47.3. The molecule has 0 rings (SSSR count). The lowest BCUT2D eigenvalue weighted by atomic mass is 10.0. The molecule has 0 saturated heterocycles. The molecule has 5 heteroatoms. The van der Waals surface area contributed by atoms with Gasteiger partial charge in [0, 0.05) is 19.4 Å². The number of carbonyl (C=O) groups is 2. The van der Waals surface area contributed by atoms with E-state index in [0.717, 1.165) is 57.8 Å². The van der Waals surface area contributed by atoms with E-state index in [1.165, 1.54) is 238 Å². The highest BCUT2D eigenvalue weighted by molar-refractivity contribution is 5.70. The summed E-state index contributed by atoms with van der Waals surface area (Å²) in [6.07, 6.45) is 77.3. The Morgan fingerprint density at radius 3 is 1.00 bits per heavy atom. The van der Waals surface area contributed by atoms with Crippen LogP contribution in [0.15, 0.2) is 48.6 Å². The minimum absolute atomic E-state index is 0.0694.